The molecule has 0 aromatic heterocycles. The largest absolute Gasteiger partial charge is 0.409 e. The van der Waals surface area contributed by atoms with E-state index in [0.29, 0.717) is 24.2 Å². The van der Waals surface area contributed by atoms with Gasteiger partial charge >= 0.3 is 0 Å². The Morgan fingerprint density at radius 3 is 2.95 bits per heavy atom. The molecule has 2 rings (SSSR count). The lowest BCUT2D eigenvalue weighted by Gasteiger charge is -2.40. The van der Waals surface area contributed by atoms with E-state index < -0.39 is 0 Å². The number of rotatable bonds is 4. The van der Waals surface area contributed by atoms with E-state index in [1.165, 1.54) is 11.3 Å². The molecule has 0 saturated carbocycles. The standard InChI is InChI=1S/C15H23N3O/c1-3-13(9-15(16)17-19)18-10-11(2)8-12-6-4-5-7-14(12)18/h4-7,11,13,19H,3,8-10H2,1-2H3,(H2,16,17). The summed E-state index contributed by atoms with van der Waals surface area (Å²) in [5.74, 6) is 0.943. The Morgan fingerprint density at radius 2 is 2.26 bits per heavy atom. The monoisotopic (exact) mass is 261 g/mol. The van der Waals surface area contributed by atoms with Gasteiger partial charge in [0.05, 0.1) is 0 Å². The van der Waals surface area contributed by atoms with Crippen LogP contribution in [0.4, 0.5) is 5.69 Å². The zero-order chi connectivity index (χ0) is 13.8. The molecule has 3 N–H and O–H groups in total. The second-order valence-electron chi connectivity index (χ2n) is 5.45. The van der Waals surface area contributed by atoms with Crippen molar-refractivity contribution < 1.29 is 5.21 Å². The van der Waals surface area contributed by atoms with Crippen LogP contribution >= 0.6 is 0 Å². The number of para-hydroxylation sites is 1. The fourth-order valence-corrected chi connectivity index (χ4v) is 2.94. The number of oxime groups is 1. The van der Waals surface area contributed by atoms with Gasteiger partial charge in [0.15, 0.2) is 0 Å². The Balaban J connectivity index is 2.27. The highest BCUT2D eigenvalue weighted by Gasteiger charge is 2.26. The third-order valence-corrected chi connectivity index (χ3v) is 3.86. The molecule has 2 atom stereocenters. The van der Waals surface area contributed by atoms with Crippen LogP contribution < -0.4 is 10.6 Å². The van der Waals surface area contributed by atoms with Gasteiger partial charge in [0.1, 0.15) is 5.84 Å². The maximum absolute atomic E-state index is 8.77. The number of nitrogens with zero attached hydrogens (tertiary/aromatic N) is 2. The van der Waals surface area contributed by atoms with Crippen molar-refractivity contribution in [1.29, 1.82) is 0 Å². The maximum Gasteiger partial charge on any atom is 0.141 e. The maximum atomic E-state index is 8.77. The fourth-order valence-electron chi connectivity index (χ4n) is 2.94. The summed E-state index contributed by atoms with van der Waals surface area (Å²) < 4.78 is 0. The van der Waals surface area contributed by atoms with Crippen LogP contribution in [0.5, 0.6) is 0 Å². The van der Waals surface area contributed by atoms with E-state index in [0.717, 1.165) is 19.4 Å². The van der Waals surface area contributed by atoms with Crippen molar-refractivity contribution in [2.75, 3.05) is 11.4 Å². The number of benzene rings is 1. The molecule has 19 heavy (non-hydrogen) atoms. The van der Waals surface area contributed by atoms with Crippen LogP contribution in [0.2, 0.25) is 0 Å². The molecule has 0 radical (unpaired) electrons. The second-order valence-corrected chi connectivity index (χ2v) is 5.45. The van der Waals surface area contributed by atoms with Gasteiger partial charge in [-0.1, -0.05) is 37.2 Å². The predicted molar refractivity (Wildman–Crippen MR) is 78.8 cm³/mol. The molecular formula is C15H23N3O. The lowest BCUT2D eigenvalue weighted by atomic mass is 9.91. The van der Waals surface area contributed by atoms with E-state index in [9.17, 15) is 0 Å². The Kier molecular flexibility index (Phi) is 4.30. The average Bonchev–Trinajstić information content (AvgIpc) is 2.43. The Bertz CT molecular complexity index is 458. The number of hydrogen-bond donors (Lipinski definition) is 2. The number of anilines is 1. The molecule has 4 heteroatoms. The highest BCUT2D eigenvalue weighted by atomic mass is 16.4. The molecule has 0 saturated heterocycles. The molecule has 104 valence electrons. The van der Waals surface area contributed by atoms with Crippen molar-refractivity contribution in [1.82, 2.24) is 0 Å². The van der Waals surface area contributed by atoms with Gasteiger partial charge in [-0.15, -0.1) is 0 Å². The number of nitrogens with two attached hydrogens (primary N) is 1. The summed E-state index contributed by atoms with van der Waals surface area (Å²) in [6.45, 7) is 5.46. The lowest BCUT2D eigenvalue weighted by Crippen LogP contribution is -2.43. The van der Waals surface area contributed by atoms with E-state index in [2.05, 4.69) is 48.2 Å². The number of amidine groups is 1. The number of fused-ring (bicyclic) bond motifs is 1. The molecule has 1 aromatic carbocycles. The second kappa shape index (κ2) is 5.95. The first kappa shape index (κ1) is 13.7. The third kappa shape index (κ3) is 3.00. The molecule has 0 amide bonds. The van der Waals surface area contributed by atoms with Crippen LogP contribution in [0, 0.1) is 5.92 Å². The first-order valence-corrected chi connectivity index (χ1v) is 6.96. The van der Waals surface area contributed by atoms with Crippen molar-refractivity contribution in [2.45, 2.75) is 39.2 Å². The summed E-state index contributed by atoms with van der Waals surface area (Å²) >= 11 is 0. The smallest absolute Gasteiger partial charge is 0.141 e. The van der Waals surface area contributed by atoms with Gasteiger partial charge in [-0.3, -0.25) is 0 Å². The van der Waals surface area contributed by atoms with Crippen LogP contribution in [0.15, 0.2) is 29.4 Å². The highest BCUT2D eigenvalue weighted by Crippen LogP contribution is 2.32. The Morgan fingerprint density at radius 1 is 1.53 bits per heavy atom. The van der Waals surface area contributed by atoms with E-state index >= 15 is 0 Å². The molecule has 4 nitrogen and oxygen atoms in total. The van der Waals surface area contributed by atoms with E-state index in [1.807, 2.05) is 0 Å². The minimum atomic E-state index is 0.291. The van der Waals surface area contributed by atoms with Crippen LogP contribution in [-0.2, 0) is 6.42 Å². The molecule has 0 fully saturated rings. The van der Waals surface area contributed by atoms with Crippen LogP contribution in [-0.4, -0.2) is 23.6 Å². The third-order valence-electron chi connectivity index (χ3n) is 3.86. The van der Waals surface area contributed by atoms with E-state index in [1.54, 1.807) is 0 Å². The number of hydrogen-bond acceptors (Lipinski definition) is 3. The summed E-state index contributed by atoms with van der Waals surface area (Å²) in [5, 5.41) is 11.9. The first-order chi connectivity index (χ1) is 9.15. The van der Waals surface area contributed by atoms with Crippen molar-refractivity contribution in [3.05, 3.63) is 29.8 Å². The molecular weight excluding hydrogens is 238 g/mol. The Labute approximate surface area is 114 Å². The quantitative estimate of drug-likeness (QED) is 0.379. The molecule has 0 bridgehead atoms. The molecule has 1 aliphatic heterocycles. The molecule has 0 aliphatic carbocycles. The predicted octanol–water partition coefficient (Wildman–Crippen LogP) is 2.60. The summed E-state index contributed by atoms with van der Waals surface area (Å²) in [7, 11) is 0. The van der Waals surface area contributed by atoms with Crippen LogP contribution in [0.25, 0.3) is 0 Å². The lowest BCUT2D eigenvalue weighted by molar-refractivity contribution is 0.315. The Hall–Kier alpha value is -1.71. The summed E-state index contributed by atoms with van der Waals surface area (Å²) in [6, 6.07) is 8.85. The first-order valence-electron chi connectivity index (χ1n) is 6.96. The van der Waals surface area contributed by atoms with Gasteiger partial charge in [0.2, 0.25) is 0 Å². The summed E-state index contributed by atoms with van der Waals surface area (Å²) in [6.07, 6.45) is 2.72. The van der Waals surface area contributed by atoms with Gasteiger partial charge in [0.25, 0.3) is 0 Å². The minimum Gasteiger partial charge on any atom is -0.409 e. The molecule has 1 heterocycles. The molecule has 1 aliphatic rings. The van der Waals surface area contributed by atoms with Crippen molar-refractivity contribution in [3.63, 3.8) is 0 Å². The van der Waals surface area contributed by atoms with Gasteiger partial charge in [-0.25, -0.2) is 0 Å². The van der Waals surface area contributed by atoms with Crippen molar-refractivity contribution in [2.24, 2.45) is 16.8 Å². The van der Waals surface area contributed by atoms with Crippen molar-refractivity contribution in [3.8, 4) is 0 Å². The van der Waals surface area contributed by atoms with Gasteiger partial charge in [-0.2, -0.15) is 0 Å². The SMILES string of the molecule is CCC(CC(N)=NO)N1CC(C)Cc2ccccc21. The summed E-state index contributed by atoms with van der Waals surface area (Å²) in [5.41, 5.74) is 8.39. The van der Waals surface area contributed by atoms with Crippen LogP contribution in [0.1, 0.15) is 32.3 Å². The van der Waals surface area contributed by atoms with Gasteiger partial charge in [0, 0.05) is 24.7 Å². The zero-order valence-electron chi connectivity index (χ0n) is 11.7. The van der Waals surface area contributed by atoms with Gasteiger partial charge < -0.3 is 15.8 Å². The van der Waals surface area contributed by atoms with E-state index in [4.69, 9.17) is 10.9 Å². The zero-order valence-corrected chi connectivity index (χ0v) is 11.7. The molecule has 1 aromatic rings. The molecule has 0 spiro atoms. The van der Waals surface area contributed by atoms with E-state index in [-0.39, 0.29) is 0 Å². The highest BCUT2D eigenvalue weighted by molar-refractivity contribution is 5.80. The van der Waals surface area contributed by atoms with Gasteiger partial charge in [-0.05, 0) is 30.4 Å². The normalized spacial score (nSPS) is 21.1. The fraction of sp³-hybridized carbons (Fsp3) is 0.533. The topological polar surface area (TPSA) is 61.9 Å². The minimum absolute atomic E-state index is 0.291. The average molecular weight is 261 g/mol. The van der Waals surface area contributed by atoms with Crippen LogP contribution in [0.3, 0.4) is 0 Å². The summed E-state index contributed by atoms with van der Waals surface area (Å²) in [4.78, 5) is 2.42. The molecule has 2 unspecified atom stereocenters. The van der Waals surface area contributed by atoms with Crippen molar-refractivity contribution >= 4 is 11.5 Å².